The van der Waals surface area contributed by atoms with E-state index in [-0.39, 0.29) is 12.3 Å². The molecule has 0 N–H and O–H groups in total. The van der Waals surface area contributed by atoms with Gasteiger partial charge in [-0.05, 0) is 42.0 Å². The summed E-state index contributed by atoms with van der Waals surface area (Å²) in [6.07, 6.45) is 1.17. The molecule has 0 radical (unpaired) electrons. The summed E-state index contributed by atoms with van der Waals surface area (Å²) in [5.74, 6) is -0.901. The summed E-state index contributed by atoms with van der Waals surface area (Å²) in [5, 5.41) is 18.6. The molecule has 1 atom stereocenters. The van der Waals surface area contributed by atoms with Gasteiger partial charge in [-0.1, -0.05) is 30.0 Å². The molecule has 0 spiro atoms. The molecule has 27 heavy (non-hydrogen) atoms. The normalized spacial score (nSPS) is 18.4. The van der Waals surface area contributed by atoms with Gasteiger partial charge in [-0.15, -0.1) is 5.10 Å². The average Bonchev–Trinajstić information content (AvgIpc) is 2.97. The molecule has 0 saturated carbocycles. The monoisotopic (exact) mass is 382 g/mol. The maximum Gasteiger partial charge on any atom is 0.247 e. The zero-order chi connectivity index (χ0) is 19.2. The Morgan fingerprint density at radius 3 is 2.56 bits per heavy atom. The summed E-state index contributed by atoms with van der Waals surface area (Å²) in [5.41, 5.74) is 1.42. The molecule has 8 heteroatoms. The van der Waals surface area contributed by atoms with Crippen LogP contribution in [0.4, 0.5) is 5.69 Å². The molecular formula is C19H16N3O4S-. The Bertz CT molecular complexity index is 882. The van der Waals surface area contributed by atoms with Gasteiger partial charge in [0.2, 0.25) is 5.91 Å². The Balaban J connectivity index is 1.85. The predicted octanol–water partition coefficient (Wildman–Crippen LogP) is 1.67. The highest BCUT2D eigenvalue weighted by Gasteiger charge is 2.39. The van der Waals surface area contributed by atoms with Gasteiger partial charge in [0.1, 0.15) is 5.75 Å². The molecule has 2 aromatic rings. The predicted molar refractivity (Wildman–Crippen MR) is 103 cm³/mol. The standard InChI is InChI=1S/C19H17N3O4S/c1-26-15-9-7-13(8-10-15)12-20-21-19-22(14-5-3-2-4-6-14)18(25)16(27-19)11-17(23)24/h2-10,12,16H,11H2,1H3,(H,23,24)/p-1. The third-order valence-corrected chi connectivity index (χ3v) is 4.89. The van der Waals surface area contributed by atoms with Crippen LogP contribution < -0.4 is 14.7 Å². The second-order valence-electron chi connectivity index (χ2n) is 5.59. The lowest BCUT2D eigenvalue weighted by atomic mass is 10.2. The maximum absolute atomic E-state index is 12.6. The van der Waals surface area contributed by atoms with Crippen LogP contribution in [0.1, 0.15) is 12.0 Å². The highest BCUT2D eigenvalue weighted by molar-refractivity contribution is 8.16. The van der Waals surface area contributed by atoms with Gasteiger partial charge >= 0.3 is 0 Å². The molecule has 1 amide bonds. The second kappa shape index (κ2) is 8.50. The molecule has 1 unspecified atom stereocenters. The molecule has 0 bridgehead atoms. The number of nitrogens with zero attached hydrogens (tertiary/aromatic N) is 3. The SMILES string of the molecule is COc1ccc(C=NN=C2SC(CC(=O)[O-])C(=O)N2c2ccccc2)cc1. The third kappa shape index (κ3) is 4.53. The molecular weight excluding hydrogens is 366 g/mol. The van der Waals surface area contributed by atoms with Crippen LogP contribution in [-0.4, -0.2) is 35.6 Å². The van der Waals surface area contributed by atoms with Crippen molar-refractivity contribution >= 4 is 40.7 Å². The van der Waals surface area contributed by atoms with Gasteiger partial charge in [-0.2, -0.15) is 5.10 Å². The van der Waals surface area contributed by atoms with Crippen molar-refractivity contribution in [1.29, 1.82) is 0 Å². The fourth-order valence-corrected chi connectivity index (χ4v) is 3.54. The summed E-state index contributed by atoms with van der Waals surface area (Å²) in [6, 6.07) is 16.2. The first-order chi connectivity index (χ1) is 13.1. The van der Waals surface area contributed by atoms with E-state index in [9.17, 15) is 14.7 Å². The van der Waals surface area contributed by atoms with Crippen LogP contribution in [0, 0.1) is 0 Å². The molecule has 7 nitrogen and oxygen atoms in total. The number of amides is 1. The molecule has 1 aliphatic rings. The van der Waals surface area contributed by atoms with Crippen molar-refractivity contribution in [1.82, 2.24) is 0 Å². The number of thioether (sulfide) groups is 1. The number of amidine groups is 1. The minimum atomic E-state index is -1.28. The van der Waals surface area contributed by atoms with Gasteiger partial charge in [0.15, 0.2) is 5.17 Å². The highest BCUT2D eigenvalue weighted by Crippen LogP contribution is 2.33. The minimum absolute atomic E-state index is 0.321. The van der Waals surface area contributed by atoms with Crippen molar-refractivity contribution in [3.63, 3.8) is 0 Å². The number of anilines is 1. The molecule has 138 valence electrons. The van der Waals surface area contributed by atoms with Crippen LogP contribution in [0.3, 0.4) is 0 Å². The number of carbonyl (C=O) groups excluding carboxylic acids is 2. The van der Waals surface area contributed by atoms with Crippen LogP contribution in [0.25, 0.3) is 0 Å². The van der Waals surface area contributed by atoms with Crippen LogP contribution in [0.2, 0.25) is 0 Å². The smallest absolute Gasteiger partial charge is 0.247 e. The first kappa shape index (κ1) is 18.7. The van der Waals surface area contributed by atoms with Crippen molar-refractivity contribution in [3.8, 4) is 5.75 Å². The Morgan fingerprint density at radius 2 is 1.93 bits per heavy atom. The number of hydrogen-bond acceptors (Lipinski definition) is 7. The van der Waals surface area contributed by atoms with E-state index >= 15 is 0 Å². The largest absolute Gasteiger partial charge is 0.550 e. The van der Waals surface area contributed by atoms with Crippen molar-refractivity contribution < 1.29 is 19.4 Å². The van der Waals surface area contributed by atoms with Gasteiger partial charge < -0.3 is 14.6 Å². The van der Waals surface area contributed by atoms with Crippen LogP contribution >= 0.6 is 11.8 Å². The summed E-state index contributed by atoms with van der Waals surface area (Å²) in [6.45, 7) is 0. The highest BCUT2D eigenvalue weighted by atomic mass is 32.2. The number of carboxylic acids is 1. The lowest BCUT2D eigenvalue weighted by Gasteiger charge is -2.15. The first-order valence-electron chi connectivity index (χ1n) is 8.09. The summed E-state index contributed by atoms with van der Waals surface area (Å²) < 4.78 is 5.10. The fourth-order valence-electron chi connectivity index (χ4n) is 2.47. The quantitative estimate of drug-likeness (QED) is 0.560. The molecule has 1 heterocycles. The van der Waals surface area contributed by atoms with E-state index < -0.39 is 11.2 Å². The van der Waals surface area contributed by atoms with E-state index in [1.807, 2.05) is 18.2 Å². The van der Waals surface area contributed by atoms with Gasteiger partial charge in [-0.3, -0.25) is 9.69 Å². The number of carbonyl (C=O) groups is 2. The van der Waals surface area contributed by atoms with Gasteiger partial charge in [0.25, 0.3) is 0 Å². The Kier molecular flexibility index (Phi) is 5.87. The number of benzene rings is 2. The van der Waals surface area contributed by atoms with Gasteiger partial charge in [-0.25, -0.2) is 0 Å². The average molecular weight is 382 g/mol. The Morgan fingerprint density at radius 1 is 1.22 bits per heavy atom. The zero-order valence-corrected chi connectivity index (χ0v) is 15.3. The molecule has 1 aliphatic heterocycles. The third-order valence-electron chi connectivity index (χ3n) is 3.77. The molecule has 0 aromatic heterocycles. The van der Waals surface area contributed by atoms with Crippen molar-refractivity contribution in [2.24, 2.45) is 10.2 Å². The summed E-state index contributed by atoms with van der Waals surface area (Å²) >= 11 is 1.06. The van der Waals surface area contributed by atoms with Crippen molar-refractivity contribution in [2.75, 3.05) is 12.0 Å². The molecule has 1 saturated heterocycles. The number of aliphatic carboxylic acids is 1. The Labute approximate surface area is 160 Å². The van der Waals surface area contributed by atoms with E-state index in [0.29, 0.717) is 10.9 Å². The van der Waals surface area contributed by atoms with E-state index in [1.165, 1.54) is 4.90 Å². The summed E-state index contributed by atoms with van der Waals surface area (Å²) in [7, 11) is 1.59. The molecule has 2 aromatic carbocycles. The number of methoxy groups -OCH3 is 1. The lowest BCUT2D eigenvalue weighted by Crippen LogP contribution is -2.35. The maximum atomic E-state index is 12.6. The van der Waals surface area contributed by atoms with E-state index in [2.05, 4.69) is 10.2 Å². The number of ether oxygens (including phenoxy) is 1. The van der Waals surface area contributed by atoms with E-state index in [0.717, 1.165) is 23.1 Å². The Hall–Kier alpha value is -3.13. The van der Waals surface area contributed by atoms with Crippen LogP contribution in [-0.2, 0) is 9.59 Å². The topological polar surface area (TPSA) is 94.4 Å². The van der Waals surface area contributed by atoms with Crippen molar-refractivity contribution in [3.05, 3.63) is 60.2 Å². The zero-order valence-electron chi connectivity index (χ0n) is 14.4. The summed E-state index contributed by atoms with van der Waals surface area (Å²) in [4.78, 5) is 24.9. The fraction of sp³-hybridized carbons (Fsp3) is 0.158. The van der Waals surface area contributed by atoms with Crippen LogP contribution in [0.15, 0.2) is 64.8 Å². The van der Waals surface area contributed by atoms with Gasteiger partial charge in [0.05, 0.1) is 24.3 Å². The first-order valence-corrected chi connectivity index (χ1v) is 8.97. The van der Waals surface area contributed by atoms with Crippen molar-refractivity contribution in [2.45, 2.75) is 11.7 Å². The number of hydrogen-bond donors (Lipinski definition) is 0. The number of carboxylic acid groups (broad SMARTS) is 1. The molecule has 0 aliphatic carbocycles. The second-order valence-corrected chi connectivity index (χ2v) is 6.76. The lowest BCUT2D eigenvalue weighted by molar-refractivity contribution is -0.305. The number of para-hydroxylation sites is 1. The molecule has 1 fully saturated rings. The molecule has 3 rings (SSSR count). The minimum Gasteiger partial charge on any atom is -0.550 e. The van der Waals surface area contributed by atoms with Crippen LogP contribution in [0.5, 0.6) is 5.75 Å². The van der Waals surface area contributed by atoms with E-state index in [4.69, 9.17) is 4.74 Å². The van der Waals surface area contributed by atoms with E-state index in [1.54, 1.807) is 49.7 Å². The number of rotatable bonds is 6. The van der Waals surface area contributed by atoms with Gasteiger partial charge in [0, 0.05) is 12.4 Å².